The molecule has 0 aliphatic carbocycles. The molecule has 7 rings (SSSR count). The highest BCUT2D eigenvalue weighted by Crippen LogP contribution is 2.51. The van der Waals surface area contributed by atoms with Crippen molar-refractivity contribution >= 4 is 107 Å². The van der Waals surface area contributed by atoms with E-state index in [1.54, 1.807) is 0 Å². The van der Waals surface area contributed by atoms with Gasteiger partial charge in [0.1, 0.15) is 116 Å². The average Bonchev–Trinajstić information content (AvgIpc) is 1.57. The van der Waals surface area contributed by atoms with Crippen molar-refractivity contribution in [2.24, 2.45) is 0 Å². The Morgan fingerprint density at radius 3 is 0.383 bits per heavy atom. The Morgan fingerprint density at radius 1 is 0.183 bits per heavy atom. The molecule has 7 fully saturated rings. The predicted molar refractivity (Wildman–Crippen MR) is 368 cm³/mol. The fourth-order valence-corrected chi connectivity index (χ4v) is 14.0. The maximum absolute atomic E-state index is 14.0. The lowest BCUT2D eigenvalue weighted by Gasteiger charge is -2.45. The molecule has 0 saturated carbocycles. The van der Waals surface area contributed by atoms with Gasteiger partial charge in [-0.15, -0.1) is 0 Å². The molecule has 7 saturated heterocycles. The summed E-state index contributed by atoms with van der Waals surface area (Å²) in [6.45, 7) is -0.678. The fraction of sp³-hybridized carbons (Fsp3) is 0.750. The molecule has 48 nitrogen and oxygen atoms in total. The van der Waals surface area contributed by atoms with Crippen LogP contribution in [0.3, 0.4) is 0 Å². The van der Waals surface area contributed by atoms with Crippen molar-refractivity contribution in [1.29, 1.82) is 0 Å². The van der Waals surface area contributed by atoms with Gasteiger partial charge in [0.15, 0.2) is 73.2 Å². The number of esters is 18. The summed E-state index contributed by atoms with van der Waals surface area (Å²) in [5.74, 6) is -41.4. The fourth-order valence-electron chi connectivity index (χ4n) is 14.0. The first-order valence-corrected chi connectivity index (χ1v) is 36.8. The molecule has 672 valence electrons. The van der Waals surface area contributed by atoms with Crippen molar-refractivity contribution in [2.75, 3.05) is 79.3 Å². The topological polar surface area (TPSA) is 584 Å². The normalized spacial score (nSPS) is 34.6. The van der Waals surface area contributed by atoms with Crippen molar-refractivity contribution in [1.82, 2.24) is 0 Å². The lowest BCUT2D eigenvalue weighted by Crippen LogP contribution is -2.63. The first-order valence-electron chi connectivity index (χ1n) is 36.8. The van der Waals surface area contributed by atoms with Gasteiger partial charge in [-0.2, -0.15) is 0 Å². The van der Waals surface area contributed by atoms with E-state index in [0.29, 0.717) is 0 Å². The third-order valence-electron chi connectivity index (χ3n) is 18.1. The Morgan fingerprint density at radius 2 is 0.292 bits per heavy atom. The smallest absolute Gasteiger partial charge is 0.303 e. The van der Waals surface area contributed by atoms with Gasteiger partial charge < -0.3 is 142 Å². The van der Waals surface area contributed by atoms with Gasteiger partial charge in [0, 0.05) is 125 Å². The monoisotopic (exact) mass is 1730 g/mol. The number of ether oxygens (including phenoxy) is 30. The van der Waals surface area contributed by atoms with Crippen LogP contribution in [0.5, 0.6) is 0 Å². The Kier molecular flexibility index (Phi) is 33.2. The van der Waals surface area contributed by atoms with Gasteiger partial charge in [-0.3, -0.25) is 86.3 Å². The van der Waals surface area contributed by atoms with Gasteiger partial charge in [0.25, 0.3) is 0 Å². The number of hydrogen-bond acceptors (Lipinski definition) is 48. The minimum absolute atomic E-state index is 0.796. The minimum Gasteiger partial charge on any atom is -0.463 e. The van der Waals surface area contributed by atoms with Gasteiger partial charge >= 0.3 is 107 Å². The molecule has 7 aliphatic rings. The molecule has 0 aromatic heterocycles. The van der Waals surface area contributed by atoms with E-state index in [4.69, 9.17) is 142 Å². The summed E-state index contributed by atoms with van der Waals surface area (Å²) >= 11 is 0. The Labute approximate surface area is 682 Å². The summed E-state index contributed by atoms with van der Waals surface area (Å²) in [4.78, 5) is 243. The summed E-state index contributed by atoms with van der Waals surface area (Å²) in [5, 5.41) is 0. The van der Waals surface area contributed by atoms with Crippen molar-refractivity contribution in [2.45, 2.75) is 269 Å². The standard InChI is InChI=1S/C72H96O48/c1-31(73)91-19-49-55(103-37(7)79)61(109-43(13)85)67(115-49)25-98-69(63(111-45(15)87)57(105-39(9)81)51(117-69)21-93-33(3)75)27-100-71(65(113-47(17)89)59(107-41(11)83)53(119-71)23-95-35(5)77)29-102-72(66(114-48(18)90)60(108-42(12)84)54(120-72)24-96-36(6)78)30-101-70(64(112-46(16)88)58(106-40(10)82)52(118-70)22-94-34(4)76)28-99-68(26-97-67)62(110-44(14)86)56(104-38(8)80)50(116-68)20-92-32(2)74/h49-66H,19-30H2,1-18H3. The van der Waals surface area contributed by atoms with E-state index in [-0.39, 0.29) is 0 Å². The largest absolute Gasteiger partial charge is 0.463 e. The molecule has 7 aliphatic heterocycles. The number of rotatable bonds is 24. The molecule has 24 atom stereocenters. The van der Waals surface area contributed by atoms with Crippen LogP contribution in [0.4, 0.5) is 0 Å². The molecule has 7 heterocycles. The minimum atomic E-state index is -3.32. The van der Waals surface area contributed by atoms with Crippen molar-refractivity contribution in [3.05, 3.63) is 0 Å². The van der Waals surface area contributed by atoms with Crippen LogP contribution >= 0.6 is 0 Å². The van der Waals surface area contributed by atoms with Crippen LogP contribution in [0.1, 0.15) is 125 Å². The van der Waals surface area contributed by atoms with E-state index in [9.17, 15) is 86.3 Å². The molecular weight excluding hydrogens is 1630 g/mol. The van der Waals surface area contributed by atoms with E-state index in [1.807, 2.05) is 0 Å². The second kappa shape index (κ2) is 41.0. The van der Waals surface area contributed by atoms with E-state index in [2.05, 4.69) is 0 Å². The molecule has 0 radical (unpaired) electrons. The van der Waals surface area contributed by atoms with Gasteiger partial charge in [-0.05, 0) is 0 Å². The summed E-state index contributed by atoms with van der Waals surface area (Å²) in [7, 11) is 0. The van der Waals surface area contributed by atoms with Crippen LogP contribution in [0.25, 0.3) is 0 Å². The van der Waals surface area contributed by atoms with Crippen LogP contribution in [0, 0.1) is 0 Å². The van der Waals surface area contributed by atoms with Gasteiger partial charge in [0.2, 0.25) is 34.7 Å². The van der Waals surface area contributed by atoms with E-state index < -0.39 is 331 Å². The molecule has 0 aromatic rings. The highest BCUT2D eigenvalue weighted by Gasteiger charge is 2.73. The highest BCUT2D eigenvalue weighted by molar-refractivity contribution is 5.73. The van der Waals surface area contributed by atoms with Crippen LogP contribution < -0.4 is 0 Å². The van der Waals surface area contributed by atoms with E-state index >= 15 is 0 Å². The van der Waals surface area contributed by atoms with E-state index in [0.717, 1.165) is 125 Å². The predicted octanol–water partition coefficient (Wildman–Crippen LogP) is -2.77. The molecule has 48 heteroatoms. The van der Waals surface area contributed by atoms with Crippen LogP contribution in [0.15, 0.2) is 0 Å². The zero-order valence-corrected chi connectivity index (χ0v) is 68.5. The lowest BCUT2D eigenvalue weighted by atomic mass is 10.0. The summed E-state index contributed by atoms with van der Waals surface area (Å²) in [6, 6.07) is 0. The molecule has 24 unspecified atom stereocenters. The maximum atomic E-state index is 14.0. The molecule has 0 bridgehead atoms. The SMILES string of the molecule is CC(=O)OCC1OC2(COC3(COC4(COC5(COC6(COC7(CO2)OC(COC(C)=O)C(OC(C)=O)C7OC(C)=O)OC(COC(C)=O)C(OC(C)=O)C6OC(C)=O)OC(COC(C)=O)C(OC(C)=O)C5OC(C)=O)OC(COC(C)=O)C(OC(C)=O)C4OC(C)=O)OC(COC(C)=O)C(OC(C)=O)C3OC(C)=O)C(OC(C)=O)C1OC(C)=O. The van der Waals surface area contributed by atoms with Crippen molar-refractivity contribution in [3.63, 3.8) is 0 Å². The Bertz CT molecular complexity index is 3180. The quantitative estimate of drug-likeness (QED) is 0.0697. The van der Waals surface area contributed by atoms with Gasteiger partial charge in [0.05, 0.1) is 0 Å². The van der Waals surface area contributed by atoms with Crippen LogP contribution in [-0.2, 0) is 228 Å². The number of carbonyl (C=O) groups excluding carboxylic acids is 18. The third-order valence-corrected chi connectivity index (χ3v) is 18.1. The van der Waals surface area contributed by atoms with Crippen LogP contribution in [0.2, 0.25) is 0 Å². The van der Waals surface area contributed by atoms with Crippen molar-refractivity contribution in [3.8, 4) is 0 Å². The summed E-state index contributed by atoms with van der Waals surface area (Å²) in [5.41, 5.74) is 0. The molecule has 120 heavy (non-hydrogen) atoms. The molecule has 0 N–H and O–H groups in total. The Balaban J connectivity index is 1.77. The first-order chi connectivity index (χ1) is 56.0. The second-order valence-electron chi connectivity index (χ2n) is 28.0. The lowest BCUT2D eigenvalue weighted by molar-refractivity contribution is -0.401. The number of hydrogen-bond donors (Lipinski definition) is 0. The maximum Gasteiger partial charge on any atom is 0.303 e. The third kappa shape index (κ3) is 24.6. The molecule has 6 spiro atoms. The molecule has 0 amide bonds. The zero-order valence-electron chi connectivity index (χ0n) is 68.5. The zero-order chi connectivity index (χ0) is 89.5. The summed E-state index contributed by atoms with van der Waals surface area (Å²) < 4.78 is 185. The van der Waals surface area contributed by atoms with Gasteiger partial charge in [-0.25, -0.2) is 0 Å². The van der Waals surface area contributed by atoms with Crippen molar-refractivity contribution < 1.29 is 228 Å². The average molecular weight is 1730 g/mol. The van der Waals surface area contributed by atoms with Crippen LogP contribution in [-0.4, -0.2) is 331 Å². The molecular formula is C72H96O48. The number of carbonyl (C=O) groups is 18. The summed E-state index contributed by atoms with van der Waals surface area (Å²) in [6.07, 6.45) is -39.6. The van der Waals surface area contributed by atoms with E-state index in [1.165, 1.54) is 0 Å². The Hall–Kier alpha value is -10.0. The van der Waals surface area contributed by atoms with Gasteiger partial charge in [-0.1, -0.05) is 0 Å². The molecule has 0 aromatic carbocycles. The first kappa shape index (κ1) is 97.1. The highest BCUT2D eigenvalue weighted by atomic mass is 16.9. The second-order valence-corrected chi connectivity index (χ2v) is 28.0.